The number of nitrogens with one attached hydrogen (secondary N) is 1. The van der Waals surface area contributed by atoms with Crippen LogP contribution in [-0.2, 0) is 17.8 Å². The Bertz CT molecular complexity index is 860. The van der Waals surface area contributed by atoms with Gasteiger partial charge in [0.1, 0.15) is 17.9 Å². The maximum absolute atomic E-state index is 12.7. The minimum atomic E-state index is -0.000642. The van der Waals surface area contributed by atoms with Gasteiger partial charge in [-0.05, 0) is 44.2 Å². The maximum Gasteiger partial charge on any atom is 0.231 e. The summed E-state index contributed by atoms with van der Waals surface area (Å²) in [5.41, 5.74) is 0. The molecule has 8 nitrogen and oxygen atoms in total. The number of aromatic nitrogens is 3. The smallest absolute Gasteiger partial charge is 0.231 e. The molecule has 8 heteroatoms. The molecule has 2 aromatic rings. The molecule has 1 aromatic carbocycles. The number of aryl methyl sites for hydroxylation is 1. The molecule has 1 N–H and O–H groups in total. The summed E-state index contributed by atoms with van der Waals surface area (Å²) in [5, 5.41) is 7.41. The van der Waals surface area contributed by atoms with Gasteiger partial charge in [-0.15, -0.1) is 0 Å². The fraction of sp³-hybridized carbons (Fsp3) is 0.550. The number of fused-ring (bicyclic) bond motifs is 2. The molecule has 148 valence electrons. The predicted octanol–water partition coefficient (Wildman–Crippen LogP) is 2.08. The van der Waals surface area contributed by atoms with Crippen LogP contribution >= 0.6 is 0 Å². The molecule has 3 aliphatic rings. The van der Waals surface area contributed by atoms with Crippen LogP contribution in [0.5, 0.6) is 17.2 Å². The summed E-state index contributed by atoms with van der Waals surface area (Å²) < 4.78 is 18.7. The lowest BCUT2D eigenvalue weighted by atomic mass is 9.91. The fourth-order valence-electron chi connectivity index (χ4n) is 4.24. The van der Waals surface area contributed by atoms with Crippen LogP contribution in [0.4, 0.5) is 0 Å². The Labute approximate surface area is 163 Å². The van der Waals surface area contributed by atoms with Gasteiger partial charge in [-0.2, -0.15) is 5.10 Å². The third-order valence-electron chi connectivity index (χ3n) is 5.85. The zero-order valence-electron chi connectivity index (χ0n) is 15.7. The van der Waals surface area contributed by atoms with Gasteiger partial charge in [-0.3, -0.25) is 9.48 Å². The first-order valence-electron chi connectivity index (χ1n) is 9.98. The Morgan fingerprint density at radius 1 is 1.14 bits per heavy atom. The van der Waals surface area contributed by atoms with Gasteiger partial charge in [0.25, 0.3) is 0 Å². The van der Waals surface area contributed by atoms with Crippen molar-refractivity contribution >= 4 is 5.91 Å². The summed E-state index contributed by atoms with van der Waals surface area (Å²) in [5.74, 6) is 3.37. The highest BCUT2D eigenvalue weighted by molar-refractivity contribution is 5.79. The van der Waals surface area contributed by atoms with Gasteiger partial charge < -0.3 is 19.5 Å². The van der Waals surface area contributed by atoms with Crippen molar-refractivity contribution in [3.05, 3.63) is 30.4 Å². The SMILES string of the molecule is O=C(NC1CCC(Oc2ccc3c(c2)OCO3)CC1)C1CCn2ncnc2C1. The minimum absolute atomic E-state index is 0.000642. The number of hydrogen-bond donors (Lipinski definition) is 1. The first-order valence-corrected chi connectivity index (χ1v) is 9.98. The van der Waals surface area contributed by atoms with E-state index >= 15 is 0 Å². The van der Waals surface area contributed by atoms with Gasteiger partial charge in [0.2, 0.25) is 12.7 Å². The second-order valence-corrected chi connectivity index (χ2v) is 7.70. The van der Waals surface area contributed by atoms with Crippen molar-refractivity contribution in [3.8, 4) is 17.2 Å². The van der Waals surface area contributed by atoms with Crippen molar-refractivity contribution in [2.45, 2.75) is 57.2 Å². The minimum Gasteiger partial charge on any atom is -0.490 e. The first kappa shape index (κ1) is 17.3. The number of nitrogens with zero attached hydrogens (tertiary/aromatic N) is 3. The molecule has 1 fully saturated rings. The molecule has 0 radical (unpaired) electrons. The van der Waals surface area contributed by atoms with Crippen LogP contribution in [0.2, 0.25) is 0 Å². The lowest BCUT2D eigenvalue weighted by Crippen LogP contribution is -2.44. The molecule has 5 rings (SSSR count). The van der Waals surface area contributed by atoms with Gasteiger partial charge in [0, 0.05) is 31.0 Å². The van der Waals surface area contributed by atoms with E-state index in [-0.39, 0.29) is 30.8 Å². The van der Waals surface area contributed by atoms with Crippen LogP contribution in [-0.4, -0.2) is 39.6 Å². The van der Waals surface area contributed by atoms with Crippen LogP contribution < -0.4 is 19.5 Å². The van der Waals surface area contributed by atoms with Crippen LogP contribution in [0.15, 0.2) is 24.5 Å². The number of hydrogen-bond acceptors (Lipinski definition) is 6. The molecule has 3 heterocycles. The summed E-state index contributed by atoms with van der Waals surface area (Å²) >= 11 is 0. The van der Waals surface area contributed by atoms with E-state index in [0.29, 0.717) is 6.42 Å². The largest absolute Gasteiger partial charge is 0.490 e. The number of benzene rings is 1. The summed E-state index contributed by atoms with van der Waals surface area (Å²) in [6.07, 6.45) is 6.96. The molecule has 2 aliphatic heterocycles. The van der Waals surface area contributed by atoms with E-state index in [2.05, 4.69) is 15.4 Å². The lowest BCUT2D eigenvalue weighted by molar-refractivity contribution is -0.126. The lowest BCUT2D eigenvalue weighted by Gasteiger charge is -2.31. The molecule has 1 aromatic heterocycles. The molecule has 1 atom stereocenters. The number of carbonyl (C=O) groups excluding carboxylic acids is 1. The molecular weight excluding hydrogens is 360 g/mol. The zero-order chi connectivity index (χ0) is 18.9. The maximum atomic E-state index is 12.7. The third kappa shape index (κ3) is 3.50. The van der Waals surface area contributed by atoms with E-state index in [4.69, 9.17) is 14.2 Å². The van der Waals surface area contributed by atoms with Crippen molar-refractivity contribution < 1.29 is 19.0 Å². The summed E-state index contributed by atoms with van der Waals surface area (Å²) in [4.78, 5) is 16.9. The van der Waals surface area contributed by atoms with E-state index in [1.54, 1.807) is 6.33 Å². The highest BCUT2D eigenvalue weighted by Crippen LogP contribution is 2.36. The molecule has 0 bridgehead atoms. The Morgan fingerprint density at radius 3 is 2.89 bits per heavy atom. The van der Waals surface area contributed by atoms with Gasteiger partial charge in [0.05, 0.1) is 6.10 Å². The van der Waals surface area contributed by atoms with E-state index in [9.17, 15) is 4.79 Å². The molecule has 1 amide bonds. The number of rotatable bonds is 4. The Kier molecular flexibility index (Phi) is 4.54. The standard InChI is InChI=1S/C20H24N4O4/c25-20(13-7-8-24-19(9-13)21-11-22-24)23-14-1-3-15(4-2-14)28-16-5-6-17-18(10-16)27-12-26-17/h5-6,10-11,13-15H,1-4,7-9,12H2,(H,23,25). The Morgan fingerprint density at radius 2 is 2.00 bits per heavy atom. The summed E-state index contributed by atoms with van der Waals surface area (Å²) in [7, 11) is 0. The number of carbonyl (C=O) groups is 1. The van der Waals surface area contributed by atoms with E-state index < -0.39 is 0 Å². The second kappa shape index (κ2) is 7.33. The molecule has 1 saturated carbocycles. The highest BCUT2D eigenvalue weighted by atomic mass is 16.7. The van der Waals surface area contributed by atoms with Crippen LogP contribution in [0, 0.1) is 5.92 Å². The average molecular weight is 384 g/mol. The van der Waals surface area contributed by atoms with Gasteiger partial charge in [-0.25, -0.2) is 4.98 Å². The molecule has 28 heavy (non-hydrogen) atoms. The highest BCUT2D eigenvalue weighted by Gasteiger charge is 2.29. The van der Waals surface area contributed by atoms with Crippen molar-refractivity contribution in [2.24, 2.45) is 5.92 Å². The molecule has 1 aliphatic carbocycles. The number of ether oxygens (including phenoxy) is 3. The quantitative estimate of drug-likeness (QED) is 0.868. The zero-order valence-corrected chi connectivity index (χ0v) is 15.7. The molecule has 0 saturated heterocycles. The predicted molar refractivity (Wildman–Crippen MR) is 99.2 cm³/mol. The number of amides is 1. The normalized spacial score (nSPS) is 25.8. The molecular formula is C20H24N4O4. The summed E-state index contributed by atoms with van der Waals surface area (Å²) in [6, 6.07) is 5.92. The van der Waals surface area contributed by atoms with Crippen molar-refractivity contribution in [1.82, 2.24) is 20.1 Å². The van der Waals surface area contributed by atoms with E-state index in [1.165, 1.54) is 0 Å². The second-order valence-electron chi connectivity index (χ2n) is 7.70. The van der Waals surface area contributed by atoms with Crippen molar-refractivity contribution in [2.75, 3.05) is 6.79 Å². The van der Waals surface area contributed by atoms with E-state index in [0.717, 1.165) is 61.7 Å². The van der Waals surface area contributed by atoms with Gasteiger partial charge in [-0.1, -0.05) is 0 Å². The van der Waals surface area contributed by atoms with Crippen molar-refractivity contribution in [1.29, 1.82) is 0 Å². The van der Waals surface area contributed by atoms with Gasteiger partial charge >= 0.3 is 0 Å². The fourth-order valence-corrected chi connectivity index (χ4v) is 4.24. The van der Waals surface area contributed by atoms with Crippen LogP contribution in [0.3, 0.4) is 0 Å². The monoisotopic (exact) mass is 384 g/mol. The molecule has 1 unspecified atom stereocenters. The third-order valence-corrected chi connectivity index (χ3v) is 5.85. The average Bonchev–Trinajstić information content (AvgIpc) is 3.37. The van der Waals surface area contributed by atoms with E-state index in [1.807, 2.05) is 22.9 Å². The van der Waals surface area contributed by atoms with Gasteiger partial charge in [0.15, 0.2) is 11.5 Å². The topological polar surface area (TPSA) is 87.5 Å². The Hall–Kier alpha value is -2.77. The first-order chi connectivity index (χ1) is 13.7. The van der Waals surface area contributed by atoms with Crippen molar-refractivity contribution in [3.63, 3.8) is 0 Å². The summed E-state index contributed by atoms with van der Waals surface area (Å²) in [6.45, 7) is 1.03. The molecule has 0 spiro atoms. The Balaban J connectivity index is 1.10. The van der Waals surface area contributed by atoms with Crippen LogP contribution in [0.25, 0.3) is 0 Å². The van der Waals surface area contributed by atoms with Crippen LogP contribution in [0.1, 0.15) is 37.9 Å².